The van der Waals surface area contributed by atoms with E-state index in [0.717, 1.165) is 18.7 Å². The van der Waals surface area contributed by atoms with Crippen LogP contribution in [0.4, 0.5) is 0 Å². The number of nitrogens with zero attached hydrogens (tertiary/aromatic N) is 1. The smallest absolute Gasteiger partial charge is 0.251 e. The predicted molar refractivity (Wildman–Crippen MR) is 76.5 cm³/mol. The Hall–Kier alpha value is -1.59. The van der Waals surface area contributed by atoms with Crippen molar-refractivity contribution < 1.29 is 9.53 Å². The zero-order chi connectivity index (χ0) is 14.1. The van der Waals surface area contributed by atoms with Gasteiger partial charge in [-0.25, -0.2) is 0 Å². The molecule has 0 aliphatic rings. The van der Waals surface area contributed by atoms with Crippen LogP contribution in [0.15, 0.2) is 24.3 Å². The molecular formula is C14H23N3O2. The first-order valence-corrected chi connectivity index (χ1v) is 6.49. The molecule has 19 heavy (non-hydrogen) atoms. The largest absolute Gasteiger partial charge is 0.492 e. The average Bonchev–Trinajstić information content (AvgIpc) is 2.39. The van der Waals surface area contributed by atoms with Crippen LogP contribution in [0.25, 0.3) is 0 Å². The second-order valence-electron chi connectivity index (χ2n) is 4.57. The third-order valence-electron chi connectivity index (χ3n) is 2.59. The van der Waals surface area contributed by atoms with Crippen LogP contribution >= 0.6 is 0 Å². The van der Waals surface area contributed by atoms with E-state index >= 15 is 0 Å². The van der Waals surface area contributed by atoms with Crippen LogP contribution in [-0.2, 0) is 0 Å². The molecule has 0 atom stereocenters. The molecule has 1 aromatic carbocycles. The Labute approximate surface area is 114 Å². The molecule has 106 valence electrons. The van der Waals surface area contributed by atoms with Crippen molar-refractivity contribution in [2.75, 3.05) is 40.3 Å². The number of carbonyl (C=O) groups excluding carboxylic acids is 1. The highest BCUT2D eigenvalue weighted by atomic mass is 16.5. The van der Waals surface area contributed by atoms with Crippen molar-refractivity contribution in [3.63, 3.8) is 0 Å². The Bertz CT molecular complexity index is 377. The van der Waals surface area contributed by atoms with Gasteiger partial charge in [0, 0.05) is 18.7 Å². The molecule has 5 nitrogen and oxygen atoms in total. The fourth-order valence-corrected chi connectivity index (χ4v) is 1.45. The standard InChI is InChI=1S/C14H23N3O2/c1-17(2)10-11-19-13-6-4-12(5-7-13)14(18)16-9-3-8-15/h4-7H,3,8-11,15H2,1-2H3,(H,16,18). The van der Waals surface area contributed by atoms with Gasteiger partial charge in [-0.2, -0.15) is 0 Å². The Kier molecular flexibility index (Phi) is 6.92. The molecule has 5 heteroatoms. The third-order valence-corrected chi connectivity index (χ3v) is 2.59. The van der Waals surface area contributed by atoms with Crippen LogP contribution in [0.5, 0.6) is 5.75 Å². The molecule has 1 aromatic rings. The van der Waals surface area contributed by atoms with E-state index < -0.39 is 0 Å². The molecule has 0 saturated heterocycles. The molecule has 0 spiro atoms. The molecule has 0 saturated carbocycles. The van der Waals surface area contributed by atoms with E-state index in [0.29, 0.717) is 25.3 Å². The Balaban J connectivity index is 2.40. The molecule has 0 aliphatic carbocycles. The minimum absolute atomic E-state index is 0.0757. The number of amides is 1. The van der Waals surface area contributed by atoms with Gasteiger partial charge in [0.25, 0.3) is 5.91 Å². The summed E-state index contributed by atoms with van der Waals surface area (Å²) in [5, 5.41) is 2.81. The number of hydrogen-bond donors (Lipinski definition) is 2. The van der Waals surface area contributed by atoms with E-state index in [-0.39, 0.29) is 5.91 Å². The number of ether oxygens (including phenoxy) is 1. The summed E-state index contributed by atoms with van der Waals surface area (Å²) in [6.07, 6.45) is 0.789. The van der Waals surface area contributed by atoms with Gasteiger partial charge in [-0.3, -0.25) is 4.79 Å². The van der Waals surface area contributed by atoms with Crippen molar-refractivity contribution in [1.29, 1.82) is 0 Å². The summed E-state index contributed by atoms with van der Waals surface area (Å²) in [5.41, 5.74) is 6.01. The van der Waals surface area contributed by atoms with Gasteiger partial charge in [-0.15, -0.1) is 0 Å². The summed E-state index contributed by atoms with van der Waals surface area (Å²) in [4.78, 5) is 13.8. The van der Waals surface area contributed by atoms with Gasteiger partial charge >= 0.3 is 0 Å². The lowest BCUT2D eigenvalue weighted by Crippen LogP contribution is -2.25. The van der Waals surface area contributed by atoms with E-state index in [2.05, 4.69) is 10.2 Å². The fourth-order valence-electron chi connectivity index (χ4n) is 1.45. The molecule has 1 rings (SSSR count). The molecule has 0 radical (unpaired) electrons. The summed E-state index contributed by atoms with van der Waals surface area (Å²) in [6.45, 7) is 2.69. The minimum Gasteiger partial charge on any atom is -0.492 e. The highest BCUT2D eigenvalue weighted by Crippen LogP contribution is 2.12. The van der Waals surface area contributed by atoms with E-state index in [1.54, 1.807) is 12.1 Å². The van der Waals surface area contributed by atoms with Crippen LogP contribution in [0, 0.1) is 0 Å². The van der Waals surface area contributed by atoms with Gasteiger partial charge in [0.05, 0.1) is 0 Å². The molecule has 3 N–H and O–H groups in total. The molecular weight excluding hydrogens is 242 g/mol. The highest BCUT2D eigenvalue weighted by molar-refractivity contribution is 5.94. The summed E-state index contributed by atoms with van der Waals surface area (Å²) in [5.74, 6) is 0.702. The van der Waals surface area contributed by atoms with Crippen molar-refractivity contribution in [2.45, 2.75) is 6.42 Å². The van der Waals surface area contributed by atoms with Crippen molar-refractivity contribution >= 4 is 5.91 Å². The van der Waals surface area contributed by atoms with Crippen LogP contribution < -0.4 is 15.8 Å². The molecule has 0 unspecified atom stereocenters. The minimum atomic E-state index is -0.0757. The molecule has 0 heterocycles. The van der Waals surface area contributed by atoms with E-state index in [1.165, 1.54) is 0 Å². The average molecular weight is 265 g/mol. The lowest BCUT2D eigenvalue weighted by Gasteiger charge is -2.11. The zero-order valence-electron chi connectivity index (χ0n) is 11.7. The van der Waals surface area contributed by atoms with Crippen molar-refractivity contribution in [1.82, 2.24) is 10.2 Å². The third kappa shape index (κ3) is 6.22. The molecule has 1 amide bonds. The monoisotopic (exact) mass is 265 g/mol. The first-order valence-electron chi connectivity index (χ1n) is 6.49. The number of benzene rings is 1. The number of likely N-dealkylation sites (N-methyl/N-ethyl adjacent to an activating group) is 1. The fraction of sp³-hybridized carbons (Fsp3) is 0.500. The summed E-state index contributed by atoms with van der Waals surface area (Å²) in [6, 6.07) is 7.16. The lowest BCUT2D eigenvalue weighted by atomic mass is 10.2. The summed E-state index contributed by atoms with van der Waals surface area (Å²) in [7, 11) is 4.00. The van der Waals surface area contributed by atoms with E-state index in [1.807, 2.05) is 26.2 Å². The number of hydrogen-bond acceptors (Lipinski definition) is 4. The van der Waals surface area contributed by atoms with Gasteiger partial charge in [0.1, 0.15) is 12.4 Å². The normalized spacial score (nSPS) is 10.5. The van der Waals surface area contributed by atoms with Gasteiger partial charge in [0.15, 0.2) is 0 Å². The molecule has 0 fully saturated rings. The summed E-state index contributed by atoms with van der Waals surface area (Å²) >= 11 is 0. The van der Waals surface area contributed by atoms with Gasteiger partial charge < -0.3 is 20.7 Å². The summed E-state index contributed by atoms with van der Waals surface area (Å²) < 4.78 is 5.56. The zero-order valence-corrected chi connectivity index (χ0v) is 11.7. The Morgan fingerprint density at radius 3 is 2.58 bits per heavy atom. The number of nitrogens with one attached hydrogen (secondary N) is 1. The molecule has 0 aliphatic heterocycles. The quantitative estimate of drug-likeness (QED) is 0.679. The topological polar surface area (TPSA) is 67.6 Å². The maximum absolute atomic E-state index is 11.7. The van der Waals surface area contributed by atoms with Gasteiger partial charge in [-0.05, 0) is 51.3 Å². The van der Waals surface area contributed by atoms with Crippen LogP contribution in [0.3, 0.4) is 0 Å². The Morgan fingerprint density at radius 1 is 1.32 bits per heavy atom. The molecule has 0 bridgehead atoms. The second-order valence-corrected chi connectivity index (χ2v) is 4.57. The van der Waals surface area contributed by atoms with E-state index in [9.17, 15) is 4.79 Å². The SMILES string of the molecule is CN(C)CCOc1ccc(C(=O)NCCCN)cc1. The number of nitrogens with two attached hydrogens (primary N) is 1. The van der Waals surface area contributed by atoms with E-state index in [4.69, 9.17) is 10.5 Å². The first-order chi connectivity index (χ1) is 9.13. The maximum atomic E-state index is 11.7. The van der Waals surface area contributed by atoms with Crippen LogP contribution in [-0.4, -0.2) is 51.1 Å². The highest BCUT2D eigenvalue weighted by Gasteiger charge is 2.04. The van der Waals surface area contributed by atoms with Crippen molar-refractivity contribution in [2.24, 2.45) is 5.73 Å². The van der Waals surface area contributed by atoms with Crippen LogP contribution in [0.2, 0.25) is 0 Å². The Morgan fingerprint density at radius 2 is 2.00 bits per heavy atom. The number of carbonyl (C=O) groups is 1. The van der Waals surface area contributed by atoms with Crippen molar-refractivity contribution in [3.8, 4) is 5.75 Å². The second kappa shape index (κ2) is 8.50. The van der Waals surface area contributed by atoms with Crippen LogP contribution in [0.1, 0.15) is 16.8 Å². The van der Waals surface area contributed by atoms with Crippen molar-refractivity contribution in [3.05, 3.63) is 29.8 Å². The maximum Gasteiger partial charge on any atom is 0.251 e. The number of rotatable bonds is 8. The first kappa shape index (κ1) is 15.5. The lowest BCUT2D eigenvalue weighted by molar-refractivity contribution is 0.0953. The molecule has 0 aromatic heterocycles. The predicted octanol–water partition coefficient (Wildman–Crippen LogP) is 0.706. The van der Waals surface area contributed by atoms with Gasteiger partial charge in [-0.1, -0.05) is 0 Å². The van der Waals surface area contributed by atoms with Gasteiger partial charge in [0.2, 0.25) is 0 Å².